The summed E-state index contributed by atoms with van der Waals surface area (Å²) in [6, 6.07) is 14.9. The van der Waals surface area contributed by atoms with Crippen molar-refractivity contribution in [2.45, 2.75) is 6.92 Å². The van der Waals surface area contributed by atoms with Crippen LogP contribution in [-0.2, 0) is 4.79 Å². The lowest BCUT2D eigenvalue weighted by atomic mass is 10.1. The molecule has 0 unspecified atom stereocenters. The van der Waals surface area contributed by atoms with Crippen LogP contribution in [0.15, 0.2) is 48.5 Å². The van der Waals surface area contributed by atoms with E-state index in [4.69, 9.17) is 16.3 Å². The van der Waals surface area contributed by atoms with E-state index in [1.54, 1.807) is 6.07 Å². The molecule has 2 aromatic carbocycles. The average Bonchev–Trinajstić information content (AvgIpc) is 2.28. The van der Waals surface area contributed by atoms with Gasteiger partial charge in [0.15, 0.2) is 0 Å². The Balaban J connectivity index is 2.36. The van der Waals surface area contributed by atoms with Crippen molar-refractivity contribution in [2.75, 3.05) is 0 Å². The highest BCUT2D eigenvalue weighted by molar-refractivity contribution is 6.30. The molecule has 0 saturated heterocycles. The summed E-state index contributed by atoms with van der Waals surface area (Å²) >= 11 is 5.93. The molecular weight excluding hydrogens is 236 g/mol. The van der Waals surface area contributed by atoms with Gasteiger partial charge in [0.2, 0.25) is 0 Å². The molecule has 0 heterocycles. The molecule has 17 heavy (non-hydrogen) atoms. The summed E-state index contributed by atoms with van der Waals surface area (Å²) in [5.41, 5.74) is 1.96. The lowest BCUT2D eigenvalue weighted by molar-refractivity contribution is -0.131. The van der Waals surface area contributed by atoms with Crippen LogP contribution >= 0.6 is 11.6 Å². The topological polar surface area (TPSA) is 26.3 Å². The van der Waals surface area contributed by atoms with Crippen LogP contribution in [0.5, 0.6) is 5.75 Å². The van der Waals surface area contributed by atoms with Crippen molar-refractivity contribution in [3.05, 3.63) is 53.6 Å². The first-order valence-corrected chi connectivity index (χ1v) is 5.57. The van der Waals surface area contributed by atoms with E-state index in [1.165, 1.54) is 6.92 Å². The molecule has 86 valence electrons. The number of ether oxygens (including phenoxy) is 1. The fraction of sp³-hybridized carbons (Fsp3) is 0.0714. The van der Waals surface area contributed by atoms with E-state index >= 15 is 0 Å². The first-order valence-electron chi connectivity index (χ1n) is 5.19. The van der Waals surface area contributed by atoms with Gasteiger partial charge in [-0.1, -0.05) is 35.9 Å². The van der Waals surface area contributed by atoms with Crippen molar-refractivity contribution in [2.24, 2.45) is 0 Å². The molecule has 2 nitrogen and oxygen atoms in total. The van der Waals surface area contributed by atoms with Crippen molar-refractivity contribution in [3.63, 3.8) is 0 Å². The van der Waals surface area contributed by atoms with E-state index in [1.807, 2.05) is 42.5 Å². The normalized spacial score (nSPS) is 10.0. The summed E-state index contributed by atoms with van der Waals surface area (Å²) < 4.78 is 5.03. The molecule has 0 aromatic heterocycles. The molecule has 2 rings (SSSR count). The van der Waals surface area contributed by atoms with Gasteiger partial charge < -0.3 is 4.74 Å². The van der Waals surface area contributed by atoms with Gasteiger partial charge in [0.25, 0.3) is 0 Å². The van der Waals surface area contributed by atoms with Gasteiger partial charge in [0.05, 0.1) is 0 Å². The second kappa shape index (κ2) is 5.02. The quantitative estimate of drug-likeness (QED) is 0.593. The molecule has 0 spiro atoms. The van der Waals surface area contributed by atoms with Gasteiger partial charge in [-0.25, -0.2) is 0 Å². The van der Waals surface area contributed by atoms with Gasteiger partial charge in [0, 0.05) is 11.9 Å². The Bertz CT molecular complexity index is 549. The Morgan fingerprint density at radius 2 is 1.71 bits per heavy atom. The molecule has 0 aliphatic heterocycles. The Morgan fingerprint density at radius 3 is 2.35 bits per heavy atom. The second-order valence-electron chi connectivity index (χ2n) is 3.63. The Labute approximate surface area is 105 Å². The Hall–Kier alpha value is -1.80. The van der Waals surface area contributed by atoms with Crippen LogP contribution in [0, 0.1) is 0 Å². The number of carbonyl (C=O) groups is 1. The van der Waals surface area contributed by atoms with Crippen LogP contribution in [0.4, 0.5) is 0 Å². The standard InChI is InChI=1S/C14H11ClO2/c1-10(16)17-14-7-3-5-12(9-14)11-4-2-6-13(15)8-11/h2-9H,1H3. The van der Waals surface area contributed by atoms with Crippen LogP contribution in [-0.4, -0.2) is 5.97 Å². The minimum absolute atomic E-state index is 0.326. The highest BCUT2D eigenvalue weighted by atomic mass is 35.5. The zero-order valence-corrected chi connectivity index (χ0v) is 10.1. The molecule has 0 radical (unpaired) electrons. The molecule has 2 aromatic rings. The number of hydrogen-bond donors (Lipinski definition) is 0. The summed E-state index contributed by atoms with van der Waals surface area (Å²) in [6.45, 7) is 1.38. The number of esters is 1. The molecule has 0 atom stereocenters. The zero-order chi connectivity index (χ0) is 12.3. The monoisotopic (exact) mass is 246 g/mol. The largest absolute Gasteiger partial charge is 0.427 e. The van der Waals surface area contributed by atoms with E-state index in [2.05, 4.69) is 0 Å². The van der Waals surface area contributed by atoms with Gasteiger partial charge in [-0.2, -0.15) is 0 Å². The van der Waals surface area contributed by atoms with Gasteiger partial charge in [0.1, 0.15) is 5.75 Å². The third kappa shape index (κ3) is 3.08. The summed E-state index contributed by atoms with van der Waals surface area (Å²) in [7, 11) is 0. The predicted molar refractivity (Wildman–Crippen MR) is 68.2 cm³/mol. The SMILES string of the molecule is CC(=O)Oc1cccc(-c2cccc(Cl)c2)c1. The maximum absolute atomic E-state index is 10.9. The van der Waals surface area contributed by atoms with Crippen molar-refractivity contribution in [1.82, 2.24) is 0 Å². The van der Waals surface area contributed by atoms with Crippen LogP contribution < -0.4 is 4.74 Å². The summed E-state index contributed by atoms with van der Waals surface area (Å²) in [4.78, 5) is 10.9. The summed E-state index contributed by atoms with van der Waals surface area (Å²) in [6.07, 6.45) is 0. The molecule has 0 aliphatic carbocycles. The lowest BCUT2D eigenvalue weighted by Gasteiger charge is -2.05. The molecule has 0 saturated carbocycles. The molecule has 0 aliphatic rings. The predicted octanol–water partition coefficient (Wildman–Crippen LogP) is 3.93. The van der Waals surface area contributed by atoms with E-state index in [9.17, 15) is 4.79 Å². The van der Waals surface area contributed by atoms with Crippen LogP contribution in [0.2, 0.25) is 5.02 Å². The van der Waals surface area contributed by atoms with Crippen molar-refractivity contribution >= 4 is 17.6 Å². The minimum Gasteiger partial charge on any atom is -0.427 e. The molecule has 0 fully saturated rings. The highest BCUT2D eigenvalue weighted by Crippen LogP contribution is 2.25. The lowest BCUT2D eigenvalue weighted by Crippen LogP contribution is -2.00. The van der Waals surface area contributed by atoms with Gasteiger partial charge >= 0.3 is 5.97 Å². The number of rotatable bonds is 2. The van der Waals surface area contributed by atoms with E-state index in [0.29, 0.717) is 10.8 Å². The Morgan fingerprint density at radius 1 is 1.06 bits per heavy atom. The number of benzene rings is 2. The van der Waals surface area contributed by atoms with Crippen molar-refractivity contribution in [1.29, 1.82) is 0 Å². The molecule has 0 N–H and O–H groups in total. The first-order chi connectivity index (χ1) is 8.15. The van der Waals surface area contributed by atoms with Crippen LogP contribution in [0.25, 0.3) is 11.1 Å². The molecule has 0 amide bonds. The van der Waals surface area contributed by atoms with Gasteiger partial charge in [-0.05, 0) is 35.4 Å². The molecule has 3 heteroatoms. The summed E-state index contributed by atoms with van der Waals surface area (Å²) in [5.74, 6) is 0.211. The average molecular weight is 247 g/mol. The van der Waals surface area contributed by atoms with E-state index < -0.39 is 0 Å². The molecular formula is C14H11ClO2. The third-order valence-corrected chi connectivity index (χ3v) is 2.49. The van der Waals surface area contributed by atoms with Crippen LogP contribution in [0.3, 0.4) is 0 Å². The van der Waals surface area contributed by atoms with E-state index in [0.717, 1.165) is 11.1 Å². The van der Waals surface area contributed by atoms with Crippen molar-refractivity contribution in [3.8, 4) is 16.9 Å². The van der Waals surface area contributed by atoms with Gasteiger partial charge in [-0.15, -0.1) is 0 Å². The van der Waals surface area contributed by atoms with Crippen LogP contribution in [0.1, 0.15) is 6.92 Å². The number of carbonyl (C=O) groups excluding carboxylic acids is 1. The van der Waals surface area contributed by atoms with E-state index in [-0.39, 0.29) is 5.97 Å². The zero-order valence-electron chi connectivity index (χ0n) is 9.31. The fourth-order valence-corrected chi connectivity index (χ4v) is 1.76. The minimum atomic E-state index is -0.326. The highest BCUT2D eigenvalue weighted by Gasteiger charge is 2.02. The smallest absolute Gasteiger partial charge is 0.308 e. The fourth-order valence-electron chi connectivity index (χ4n) is 1.57. The number of hydrogen-bond acceptors (Lipinski definition) is 2. The van der Waals surface area contributed by atoms with Gasteiger partial charge in [-0.3, -0.25) is 4.79 Å². The number of halogens is 1. The Kier molecular flexibility index (Phi) is 3.45. The molecule has 0 bridgehead atoms. The maximum Gasteiger partial charge on any atom is 0.308 e. The third-order valence-electron chi connectivity index (χ3n) is 2.25. The maximum atomic E-state index is 10.9. The van der Waals surface area contributed by atoms with Crippen molar-refractivity contribution < 1.29 is 9.53 Å². The second-order valence-corrected chi connectivity index (χ2v) is 4.07. The first kappa shape index (κ1) is 11.7. The summed E-state index contributed by atoms with van der Waals surface area (Å²) in [5, 5.41) is 0.681.